The number of hydrogen-bond acceptors (Lipinski definition) is 2. The number of methoxy groups -OCH3 is 1. The molecule has 0 unspecified atom stereocenters. The van der Waals surface area contributed by atoms with Gasteiger partial charge in [-0.1, -0.05) is 11.6 Å². The Labute approximate surface area is 81.4 Å². The summed E-state index contributed by atoms with van der Waals surface area (Å²) in [7, 11) is 1.38. The first-order chi connectivity index (χ1) is 6.19. The lowest BCUT2D eigenvalue weighted by Crippen LogP contribution is -2.03. The van der Waals surface area contributed by atoms with Crippen LogP contribution in [0.15, 0.2) is 12.1 Å². The molecular weight excluding hydrogens is 193 g/mol. The zero-order valence-corrected chi connectivity index (χ0v) is 8.07. The summed E-state index contributed by atoms with van der Waals surface area (Å²) in [5.41, 5.74) is 6.12. The van der Waals surface area contributed by atoms with Gasteiger partial charge in [0, 0.05) is 0 Å². The summed E-state index contributed by atoms with van der Waals surface area (Å²) in [6.45, 7) is 0.474. The first kappa shape index (κ1) is 10.3. The molecule has 4 heteroatoms. The summed E-state index contributed by atoms with van der Waals surface area (Å²) in [5.74, 6) is -0.360. The molecule has 2 nitrogen and oxygen atoms in total. The Bertz CT molecular complexity index is 281. The molecule has 0 radical (unpaired) electrons. The molecule has 0 amide bonds. The van der Waals surface area contributed by atoms with Crippen LogP contribution in [0, 0.1) is 5.82 Å². The zero-order chi connectivity index (χ0) is 9.84. The molecule has 0 saturated heterocycles. The average Bonchev–Trinajstić information content (AvgIpc) is 2.04. The van der Waals surface area contributed by atoms with Crippen LogP contribution >= 0.6 is 11.6 Å². The van der Waals surface area contributed by atoms with E-state index < -0.39 is 5.82 Å². The highest BCUT2D eigenvalue weighted by Gasteiger charge is 2.08. The van der Waals surface area contributed by atoms with Crippen molar-refractivity contribution in [2.24, 2.45) is 5.73 Å². The third-order valence-corrected chi connectivity index (χ3v) is 1.98. The van der Waals surface area contributed by atoms with Crippen molar-refractivity contribution in [3.63, 3.8) is 0 Å². The van der Waals surface area contributed by atoms with Crippen molar-refractivity contribution < 1.29 is 9.13 Å². The van der Waals surface area contributed by atoms with Crippen LogP contribution in [0.3, 0.4) is 0 Å². The van der Waals surface area contributed by atoms with Crippen LogP contribution in [0.5, 0.6) is 5.75 Å². The molecule has 2 N–H and O–H groups in total. The smallest absolute Gasteiger partial charge is 0.173 e. The topological polar surface area (TPSA) is 35.2 Å². The van der Waals surface area contributed by atoms with Gasteiger partial charge in [0.05, 0.1) is 12.1 Å². The summed E-state index contributed by atoms with van der Waals surface area (Å²) in [5, 5.41) is 0.283. The maximum absolute atomic E-state index is 13.2. The molecule has 0 aliphatic carbocycles. The molecule has 1 rings (SSSR count). The van der Waals surface area contributed by atoms with Crippen LogP contribution in [-0.2, 0) is 6.42 Å². The SMILES string of the molecule is COc1c(F)cc(CCN)cc1Cl. The normalized spacial score (nSPS) is 10.2. The summed E-state index contributed by atoms with van der Waals surface area (Å²) < 4.78 is 18.0. The van der Waals surface area contributed by atoms with Crippen molar-refractivity contribution >= 4 is 11.6 Å². The van der Waals surface area contributed by atoms with Crippen molar-refractivity contribution in [2.45, 2.75) is 6.42 Å². The first-order valence-corrected chi connectivity index (χ1v) is 4.28. The predicted octanol–water partition coefficient (Wildman–Crippen LogP) is 1.99. The Balaban J connectivity index is 3.05. The Morgan fingerprint density at radius 3 is 2.69 bits per heavy atom. The van der Waals surface area contributed by atoms with Crippen molar-refractivity contribution in [2.75, 3.05) is 13.7 Å². The quantitative estimate of drug-likeness (QED) is 0.816. The average molecular weight is 204 g/mol. The second-order valence-corrected chi connectivity index (χ2v) is 3.04. The number of rotatable bonds is 3. The minimum Gasteiger partial charge on any atom is -0.492 e. The van der Waals surface area contributed by atoms with E-state index in [2.05, 4.69) is 0 Å². The third kappa shape index (κ3) is 2.32. The van der Waals surface area contributed by atoms with Crippen LogP contribution in [-0.4, -0.2) is 13.7 Å². The fourth-order valence-corrected chi connectivity index (χ4v) is 1.43. The molecule has 0 aliphatic rings. The van der Waals surface area contributed by atoms with E-state index in [-0.39, 0.29) is 10.8 Å². The van der Waals surface area contributed by atoms with Gasteiger partial charge in [0.1, 0.15) is 0 Å². The van der Waals surface area contributed by atoms with E-state index in [4.69, 9.17) is 22.1 Å². The maximum atomic E-state index is 13.2. The van der Waals surface area contributed by atoms with Gasteiger partial charge < -0.3 is 10.5 Å². The van der Waals surface area contributed by atoms with Crippen LogP contribution in [0.25, 0.3) is 0 Å². The highest BCUT2D eigenvalue weighted by Crippen LogP contribution is 2.28. The zero-order valence-electron chi connectivity index (χ0n) is 7.31. The highest BCUT2D eigenvalue weighted by molar-refractivity contribution is 6.32. The van der Waals surface area contributed by atoms with Crippen LogP contribution in [0.2, 0.25) is 5.02 Å². The van der Waals surface area contributed by atoms with Gasteiger partial charge in [0.25, 0.3) is 0 Å². The van der Waals surface area contributed by atoms with E-state index in [0.717, 1.165) is 5.56 Å². The summed E-state index contributed by atoms with van der Waals surface area (Å²) in [6, 6.07) is 3.05. The van der Waals surface area contributed by atoms with E-state index in [1.54, 1.807) is 6.07 Å². The molecule has 72 valence electrons. The fraction of sp³-hybridized carbons (Fsp3) is 0.333. The van der Waals surface area contributed by atoms with Crippen LogP contribution in [0.1, 0.15) is 5.56 Å². The molecule has 0 aromatic heterocycles. The van der Waals surface area contributed by atoms with Gasteiger partial charge in [0.2, 0.25) is 0 Å². The number of nitrogens with two attached hydrogens (primary N) is 1. The van der Waals surface area contributed by atoms with Gasteiger partial charge in [-0.15, -0.1) is 0 Å². The molecule has 0 heterocycles. The number of ether oxygens (including phenoxy) is 1. The monoisotopic (exact) mass is 203 g/mol. The standard InChI is InChI=1S/C9H11ClFNO/c1-13-9-7(10)4-6(2-3-12)5-8(9)11/h4-5H,2-3,12H2,1H3. The van der Waals surface area contributed by atoms with E-state index in [0.29, 0.717) is 13.0 Å². The number of halogens is 2. The highest BCUT2D eigenvalue weighted by atomic mass is 35.5. The molecule has 13 heavy (non-hydrogen) atoms. The molecule has 0 fully saturated rings. The molecule has 0 saturated carbocycles. The maximum Gasteiger partial charge on any atom is 0.173 e. The molecule has 0 aliphatic heterocycles. The van der Waals surface area contributed by atoms with Crippen molar-refractivity contribution in [3.05, 3.63) is 28.5 Å². The molecule has 0 bridgehead atoms. The van der Waals surface area contributed by atoms with Crippen molar-refractivity contribution in [1.82, 2.24) is 0 Å². The molecule has 1 aromatic carbocycles. The minimum atomic E-state index is -0.446. The van der Waals surface area contributed by atoms with Crippen molar-refractivity contribution in [1.29, 1.82) is 0 Å². The lowest BCUT2D eigenvalue weighted by Gasteiger charge is -2.06. The Morgan fingerprint density at radius 2 is 2.23 bits per heavy atom. The molecule has 0 spiro atoms. The van der Waals surface area contributed by atoms with E-state index in [1.165, 1.54) is 13.2 Å². The van der Waals surface area contributed by atoms with Gasteiger partial charge in [-0.25, -0.2) is 4.39 Å². The molecular formula is C9H11ClFNO. The van der Waals surface area contributed by atoms with Crippen molar-refractivity contribution in [3.8, 4) is 5.75 Å². The van der Waals surface area contributed by atoms with Crippen LogP contribution in [0.4, 0.5) is 4.39 Å². The summed E-state index contributed by atoms with van der Waals surface area (Å²) >= 11 is 5.76. The second kappa shape index (κ2) is 4.44. The lowest BCUT2D eigenvalue weighted by atomic mass is 10.1. The van der Waals surface area contributed by atoms with Gasteiger partial charge >= 0.3 is 0 Å². The summed E-state index contributed by atoms with van der Waals surface area (Å²) in [4.78, 5) is 0. The van der Waals surface area contributed by atoms with E-state index in [9.17, 15) is 4.39 Å². The second-order valence-electron chi connectivity index (χ2n) is 2.63. The minimum absolute atomic E-state index is 0.0856. The largest absolute Gasteiger partial charge is 0.492 e. The third-order valence-electron chi connectivity index (χ3n) is 1.70. The fourth-order valence-electron chi connectivity index (χ4n) is 1.12. The first-order valence-electron chi connectivity index (χ1n) is 3.91. The predicted molar refractivity (Wildman–Crippen MR) is 50.7 cm³/mol. The van der Waals surface area contributed by atoms with Gasteiger partial charge in [-0.2, -0.15) is 0 Å². The molecule has 1 aromatic rings. The number of benzene rings is 1. The Morgan fingerprint density at radius 1 is 1.54 bits per heavy atom. The summed E-state index contributed by atoms with van der Waals surface area (Å²) in [6.07, 6.45) is 0.612. The molecule has 0 atom stereocenters. The Hall–Kier alpha value is -0.800. The van der Waals surface area contributed by atoms with E-state index >= 15 is 0 Å². The number of hydrogen-bond donors (Lipinski definition) is 1. The Kier molecular flexibility index (Phi) is 3.51. The van der Waals surface area contributed by atoms with Gasteiger partial charge in [0.15, 0.2) is 11.6 Å². The lowest BCUT2D eigenvalue weighted by molar-refractivity contribution is 0.386. The van der Waals surface area contributed by atoms with Gasteiger partial charge in [-0.3, -0.25) is 0 Å². The van der Waals surface area contributed by atoms with Gasteiger partial charge in [-0.05, 0) is 30.7 Å². The van der Waals surface area contributed by atoms with E-state index in [1.807, 2.05) is 0 Å². The van der Waals surface area contributed by atoms with Crippen LogP contribution < -0.4 is 10.5 Å².